The first-order valence-electron chi connectivity index (χ1n) is 6.65. The Hall–Kier alpha value is -0.710. The van der Waals surface area contributed by atoms with E-state index >= 15 is 0 Å². The minimum absolute atomic E-state index is 0.0761. The molecule has 104 valence electrons. The predicted molar refractivity (Wildman–Crippen MR) is 73.8 cm³/mol. The van der Waals surface area contributed by atoms with Crippen molar-refractivity contribution in [3.05, 3.63) is 0 Å². The van der Waals surface area contributed by atoms with Crippen LogP contribution >= 0.6 is 11.8 Å². The molecule has 2 unspecified atom stereocenters. The van der Waals surface area contributed by atoms with Crippen molar-refractivity contribution in [3.8, 4) is 0 Å². The fraction of sp³-hybridized carbons (Fsp3) is 0.846. The fourth-order valence-electron chi connectivity index (χ4n) is 2.35. The van der Waals surface area contributed by atoms with Gasteiger partial charge in [0.2, 0.25) is 5.91 Å². The van der Waals surface area contributed by atoms with Crippen LogP contribution in [0.5, 0.6) is 0 Å². The van der Waals surface area contributed by atoms with Gasteiger partial charge in [0.1, 0.15) is 0 Å². The molecule has 0 aromatic rings. The number of thioether (sulfide) groups is 1. The molecule has 0 saturated heterocycles. The molecule has 0 aliphatic heterocycles. The maximum absolute atomic E-state index is 11.7. The van der Waals surface area contributed by atoms with Crippen molar-refractivity contribution >= 4 is 23.6 Å². The Bertz CT molecular complexity index is 283. The topological polar surface area (TPSA) is 66.4 Å². The molecule has 0 heterocycles. The molecule has 2 atom stereocenters. The third-order valence-corrected chi connectivity index (χ3v) is 4.46. The van der Waals surface area contributed by atoms with E-state index in [1.807, 2.05) is 11.8 Å². The number of hydrogen-bond donors (Lipinski definition) is 2. The molecule has 1 amide bonds. The summed E-state index contributed by atoms with van der Waals surface area (Å²) < 4.78 is 0. The minimum Gasteiger partial charge on any atom is -0.481 e. The Balaban J connectivity index is 2.13. The number of aliphatic carboxylic acids is 1. The van der Waals surface area contributed by atoms with Crippen LogP contribution in [0.15, 0.2) is 0 Å². The van der Waals surface area contributed by atoms with Crippen molar-refractivity contribution in [3.63, 3.8) is 0 Å². The number of carboxylic acids is 1. The van der Waals surface area contributed by atoms with Gasteiger partial charge in [-0.25, -0.2) is 0 Å². The first-order valence-corrected chi connectivity index (χ1v) is 7.94. The summed E-state index contributed by atoms with van der Waals surface area (Å²) in [6.07, 6.45) is 8.58. The number of amides is 1. The average Bonchev–Trinajstić information content (AvgIpc) is 2.34. The van der Waals surface area contributed by atoms with Gasteiger partial charge in [0, 0.05) is 24.1 Å². The van der Waals surface area contributed by atoms with E-state index in [4.69, 9.17) is 5.11 Å². The predicted octanol–water partition coefficient (Wildman–Crippen LogP) is 2.42. The summed E-state index contributed by atoms with van der Waals surface area (Å²) in [6, 6.07) is 0.322. The van der Waals surface area contributed by atoms with E-state index in [2.05, 4.69) is 11.6 Å². The average molecular weight is 273 g/mol. The summed E-state index contributed by atoms with van der Waals surface area (Å²) in [5, 5.41) is 12.2. The molecule has 4 nitrogen and oxygen atoms in total. The molecule has 5 heteroatoms. The van der Waals surface area contributed by atoms with Gasteiger partial charge < -0.3 is 10.4 Å². The molecular formula is C13H23NO3S. The number of carbonyl (C=O) groups is 2. The molecule has 2 N–H and O–H groups in total. The molecule has 0 radical (unpaired) electrons. The smallest absolute Gasteiger partial charge is 0.303 e. The molecule has 1 rings (SSSR count). The Morgan fingerprint density at radius 1 is 1.28 bits per heavy atom. The normalized spacial score (nSPS) is 23.6. The Morgan fingerprint density at radius 2 is 2.00 bits per heavy atom. The monoisotopic (exact) mass is 273 g/mol. The van der Waals surface area contributed by atoms with Gasteiger partial charge >= 0.3 is 5.97 Å². The van der Waals surface area contributed by atoms with Crippen molar-refractivity contribution in [1.29, 1.82) is 0 Å². The standard InChI is InChI=1S/C13H23NO3S/c1-18-11-6-4-5-10(9-11)14-12(15)7-2-3-8-13(16)17/h10-11H,2-9H2,1H3,(H,14,15)(H,16,17). The van der Waals surface area contributed by atoms with E-state index < -0.39 is 5.97 Å². The SMILES string of the molecule is CSC1CCCC(NC(=O)CCCCC(=O)O)C1. The van der Waals surface area contributed by atoms with Crippen LogP contribution in [-0.4, -0.2) is 34.5 Å². The van der Waals surface area contributed by atoms with Crippen molar-refractivity contribution < 1.29 is 14.7 Å². The van der Waals surface area contributed by atoms with Gasteiger partial charge in [-0.3, -0.25) is 9.59 Å². The first kappa shape index (κ1) is 15.3. The van der Waals surface area contributed by atoms with E-state index in [0.717, 1.165) is 12.8 Å². The molecule has 1 aliphatic rings. The van der Waals surface area contributed by atoms with Gasteiger partial charge in [-0.15, -0.1) is 0 Å². The lowest BCUT2D eigenvalue weighted by Crippen LogP contribution is -2.38. The summed E-state index contributed by atoms with van der Waals surface area (Å²) in [7, 11) is 0. The summed E-state index contributed by atoms with van der Waals surface area (Å²) in [5.41, 5.74) is 0. The lowest BCUT2D eigenvalue weighted by atomic mass is 9.95. The van der Waals surface area contributed by atoms with E-state index in [1.165, 1.54) is 12.8 Å². The van der Waals surface area contributed by atoms with Crippen LogP contribution in [0.4, 0.5) is 0 Å². The number of hydrogen-bond acceptors (Lipinski definition) is 3. The third kappa shape index (κ3) is 6.28. The number of rotatable bonds is 7. The van der Waals surface area contributed by atoms with Gasteiger partial charge in [-0.1, -0.05) is 6.42 Å². The molecule has 0 bridgehead atoms. The van der Waals surface area contributed by atoms with Crippen molar-refractivity contribution in [1.82, 2.24) is 5.32 Å². The second-order valence-corrected chi connectivity index (χ2v) is 6.03. The lowest BCUT2D eigenvalue weighted by molar-refractivity contribution is -0.137. The molecule has 1 aliphatic carbocycles. The highest BCUT2D eigenvalue weighted by Gasteiger charge is 2.22. The van der Waals surface area contributed by atoms with Gasteiger partial charge in [-0.2, -0.15) is 11.8 Å². The van der Waals surface area contributed by atoms with Crippen LogP contribution in [0.3, 0.4) is 0 Å². The van der Waals surface area contributed by atoms with Gasteiger partial charge in [0.15, 0.2) is 0 Å². The molecule has 1 fully saturated rings. The van der Waals surface area contributed by atoms with Gasteiger partial charge in [-0.05, 0) is 38.4 Å². The Morgan fingerprint density at radius 3 is 2.67 bits per heavy atom. The Kier molecular flexibility index (Phi) is 7.16. The number of carboxylic acid groups (broad SMARTS) is 1. The molecule has 0 aromatic carbocycles. The molecule has 0 aromatic heterocycles. The zero-order valence-corrected chi connectivity index (χ0v) is 11.8. The molecular weight excluding hydrogens is 250 g/mol. The van der Waals surface area contributed by atoms with E-state index in [1.54, 1.807) is 0 Å². The maximum Gasteiger partial charge on any atom is 0.303 e. The zero-order chi connectivity index (χ0) is 13.4. The second-order valence-electron chi connectivity index (χ2n) is 4.89. The zero-order valence-electron chi connectivity index (χ0n) is 11.0. The molecule has 0 spiro atoms. The van der Waals surface area contributed by atoms with E-state index in [-0.39, 0.29) is 12.3 Å². The molecule has 1 saturated carbocycles. The van der Waals surface area contributed by atoms with Crippen LogP contribution in [0.2, 0.25) is 0 Å². The highest BCUT2D eigenvalue weighted by Crippen LogP contribution is 2.26. The Labute approximate surface area is 113 Å². The highest BCUT2D eigenvalue weighted by atomic mass is 32.2. The molecule has 18 heavy (non-hydrogen) atoms. The van der Waals surface area contributed by atoms with E-state index in [9.17, 15) is 9.59 Å². The fourth-order valence-corrected chi connectivity index (χ4v) is 3.18. The second kappa shape index (κ2) is 8.40. The number of carbonyl (C=O) groups excluding carboxylic acids is 1. The number of nitrogens with one attached hydrogen (secondary N) is 1. The van der Waals surface area contributed by atoms with Gasteiger partial charge in [0.25, 0.3) is 0 Å². The third-order valence-electron chi connectivity index (χ3n) is 3.37. The first-order chi connectivity index (χ1) is 8.61. The van der Waals surface area contributed by atoms with Crippen molar-refractivity contribution in [2.45, 2.75) is 62.7 Å². The number of unbranched alkanes of at least 4 members (excludes halogenated alkanes) is 1. The van der Waals surface area contributed by atoms with Crippen LogP contribution in [0.1, 0.15) is 51.4 Å². The quantitative estimate of drug-likeness (QED) is 0.699. The van der Waals surface area contributed by atoms with Crippen molar-refractivity contribution in [2.75, 3.05) is 6.26 Å². The maximum atomic E-state index is 11.7. The van der Waals surface area contributed by atoms with Crippen molar-refractivity contribution in [2.24, 2.45) is 0 Å². The highest BCUT2D eigenvalue weighted by molar-refractivity contribution is 7.99. The van der Waals surface area contributed by atoms with E-state index in [0.29, 0.717) is 30.6 Å². The van der Waals surface area contributed by atoms with Crippen LogP contribution in [-0.2, 0) is 9.59 Å². The lowest BCUT2D eigenvalue weighted by Gasteiger charge is -2.28. The largest absolute Gasteiger partial charge is 0.481 e. The summed E-state index contributed by atoms with van der Waals surface area (Å²) in [5.74, 6) is -0.711. The summed E-state index contributed by atoms with van der Waals surface area (Å²) in [4.78, 5) is 22.0. The van der Waals surface area contributed by atoms with Gasteiger partial charge in [0.05, 0.1) is 0 Å². The van der Waals surface area contributed by atoms with Crippen LogP contribution in [0, 0.1) is 0 Å². The van der Waals surface area contributed by atoms with Crippen LogP contribution < -0.4 is 5.32 Å². The summed E-state index contributed by atoms with van der Waals surface area (Å²) >= 11 is 1.88. The minimum atomic E-state index is -0.787. The van der Waals surface area contributed by atoms with Crippen LogP contribution in [0.25, 0.3) is 0 Å². The summed E-state index contributed by atoms with van der Waals surface area (Å²) in [6.45, 7) is 0.